The molecule has 1 aromatic heterocycles. The summed E-state index contributed by atoms with van der Waals surface area (Å²) in [6.45, 7) is 0.234. The topological polar surface area (TPSA) is 67.2 Å². The Morgan fingerprint density at radius 3 is 2.96 bits per heavy atom. The summed E-state index contributed by atoms with van der Waals surface area (Å²) in [5.74, 6) is 1.43. The molecule has 0 saturated carbocycles. The van der Waals surface area contributed by atoms with Crippen LogP contribution in [0.25, 0.3) is 16.8 Å². The third-order valence-electron chi connectivity index (χ3n) is 3.73. The standard InChI is InChI=1S/C19H12ClN3O2S/c20-14-2-1-3-15(7-14)22-9-13(8-21)19-23-16(10-26-19)12-4-5-17-18(6-12)25-11-24-17/h1-7,9-10,22H,11H2. The summed E-state index contributed by atoms with van der Waals surface area (Å²) >= 11 is 7.38. The molecule has 0 fully saturated rings. The van der Waals surface area contributed by atoms with Crippen LogP contribution in [0.15, 0.2) is 54.0 Å². The van der Waals surface area contributed by atoms with Crippen LogP contribution in [-0.2, 0) is 0 Å². The Hall–Kier alpha value is -3.01. The molecule has 1 N–H and O–H groups in total. The zero-order valence-electron chi connectivity index (χ0n) is 13.4. The van der Waals surface area contributed by atoms with Gasteiger partial charge in [-0.15, -0.1) is 11.3 Å². The lowest BCUT2D eigenvalue weighted by molar-refractivity contribution is 0.174. The molecule has 7 heteroatoms. The second-order valence-electron chi connectivity index (χ2n) is 5.43. The number of ether oxygens (including phenoxy) is 2. The molecule has 5 nitrogen and oxygen atoms in total. The van der Waals surface area contributed by atoms with Gasteiger partial charge in [-0.25, -0.2) is 4.98 Å². The Balaban J connectivity index is 1.57. The summed E-state index contributed by atoms with van der Waals surface area (Å²) in [7, 11) is 0. The van der Waals surface area contributed by atoms with Crippen LogP contribution in [0.1, 0.15) is 5.01 Å². The van der Waals surface area contributed by atoms with Crippen LogP contribution in [0.2, 0.25) is 5.02 Å². The van der Waals surface area contributed by atoms with Crippen molar-refractivity contribution >= 4 is 34.2 Å². The fraction of sp³-hybridized carbons (Fsp3) is 0.0526. The van der Waals surface area contributed by atoms with Crippen molar-refractivity contribution < 1.29 is 9.47 Å². The Morgan fingerprint density at radius 2 is 2.12 bits per heavy atom. The van der Waals surface area contributed by atoms with Crippen LogP contribution in [-0.4, -0.2) is 11.8 Å². The molecule has 2 aromatic carbocycles. The van der Waals surface area contributed by atoms with Gasteiger partial charge in [0.1, 0.15) is 16.6 Å². The summed E-state index contributed by atoms with van der Waals surface area (Å²) in [4.78, 5) is 4.57. The molecule has 0 aliphatic carbocycles. The van der Waals surface area contributed by atoms with E-state index in [2.05, 4.69) is 16.4 Å². The van der Waals surface area contributed by atoms with E-state index in [0.717, 1.165) is 22.7 Å². The molecule has 0 radical (unpaired) electrons. The summed E-state index contributed by atoms with van der Waals surface area (Å²) < 4.78 is 10.7. The van der Waals surface area contributed by atoms with Crippen molar-refractivity contribution in [2.24, 2.45) is 0 Å². The fourth-order valence-electron chi connectivity index (χ4n) is 2.46. The number of anilines is 1. The first kappa shape index (κ1) is 16.5. The number of benzene rings is 2. The maximum absolute atomic E-state index is 9.46. The number of fused-ring (bicyclic) bond motifs is 1. The van der Waals surface area contributed by atoms with Gasteiger partial charge < -0.3 is 14.8 Å². The van der Waals surface area contributed by atoms with Crippen LogP contribution >= 0.6 is 22.9 Å². The van der Waals surface area contributed by atoms with E-state index in [-0.39, 0.29) is 6.79 Å². The van der Waals surface area contributed by atoms with Crippen LogP contribution in [0, 0.1) is 11.3 Å². The number of hydrogen-bond donors (Lipinski definition) is 1. The van der Waals surface area contributed by atoms with Gasteiger partial charge >= 0.3 is 0 Å². The third-order valence-corrected chi connectivity index (χ3v) is 4.84. The van der Waals surface area contributed by atoms with E-state index in [9.17, 15) is 5.26 Å². The highest BCUT2D eigenvalue weighted by atomic mass is 35.5. The van der Waals surface area contributed by atoms with Gasteiger partial charge in [0.2, 0.25) is 6.79 Å². The molecule has 26 heavy (non-hydrogen) atoms. The molecular weight excluding hydrogens is 370 g/mol. The first-order valence-electron chi connectivity index (χ1n) is 7.71. The lowest BCUT2D eigenvalue weighted by Gasteiger charge is -2.02. The molecule has 1 aliphatic heterocycles. The van der Waals surface area contributed by atoms with Gasteiger partial charge in [0.05, 0.1) is 5.69 Å². The van der Waals surface area contributed by atoms with Gasteiger partial charge in [-0.1, -0.05) is 17.7 Å². The number of halogens is 1. The second kappa shape index (κ2) is 7.08. The maximum atomic E-state index is 9.46. The first-order valence-corrected chi connectivity index (χ1v) is 8.97. The minimum atomic E-state index is 0.234. The largest absolute Gasteiger partial charge is 0.454 e. The van der Waals surface area contributed by atoms with Gasteiger partial charge in [-0.2, -0.15) is 5.26 Å². The van der Waals surface area contributed by atoms with Crippen LogP contribution in [0.3, 0.4) is 0 Å². The van der Waals surface area contributed by atoms with Gasteiger partial charge in [0.25, 0.3) is 0 Å². The van der Waals surface area contributed by atoms with Gasteiger partial charge in [-0.05, 0) is 36.4 Å². The number of aromatic nitrogens is 1. The molecule has 3 aromatic rings. The van der Waals surface area contributed by atoms with Gasteiger partial charge in [0, 0.05) is 27.9 Å². The quantitative estimate of drug-likeness (QED) is 0.631. The van der Waals surface area contributed by atoms with Gasteiger partial charge in [0.15, 0.2) is 11.5 Å². The molecule has 0 amide bonds. The average Bonchev–Trinajstić information content (AvgIpc) is 3.31. The van der Waals surface area contributed by atoms with Crippen molar-refractivity contribution in [3.63, 3.8) is 0 Å². The van der Waals surface area contributed by atoms with E-state index in [1.54, 1.807) is 18.3 Å². The lowest BCUT2D eigenvalue weighted by atomic mass is 10.1. The predicted molar refractivity (Wildman–Crippen MR) is 102 cm³/mol. The number of hydrogen-bond acceptors (Lipinski definition) is 6. The highest BCUT2D eigenvalue weighted by Crippen LogP contribution is 2.36. The molecule has 0 bridgehead atoms. The average molecular weight is 382 g/mol. The summed E-state index contributed by atoms with van der Waals surface area (Å²) in [6, 6.07) is 15.1. The Kier molecular flexibility index (Phi) is 4.48. The molecule has 1 aliphatic rings. The first-order chi connectivity index (χ1) is 12.7. The Morgan fingerprint density at radius 1 is 1.23 bits per heavy atom. The van der Waals surface area contributed by atoms with Crippen molar-refractivity contribution in [1.29, 1.82) is 5.26 Å². The van der Waals surface area contributed by atoms with E-state index in [1.165, 1.54) is 11.3 Å². The van der Waals surface area contributed by atoms with E-state index >= 15 is 0 Å². The minimum Gasteiger partial charge on any atom is -0.454 e. The molecule has 0 saturated heterocycles. The van der Waals surface area contributed by atoms with Crippen molar-refractivity contribution in [3.05, 3.63) is 64.1 Å². The van der Waals surface area contributed by atoms with Crippen LogP contribution < -0.4 is 14.8 Å². The third kappa shape index (κ3) is 3.36. The predicted octanol–water partition coefficient (Wildman–Crippen LogP) is 5.17. The number of nitriles is 1. The maximum Gasteiger partial charge on any atom is 0.231 e. The van der Waals surface area contributed by atoms with Crippen LogP contribution in [0.4, 0.5) is 5.69 Å². The van der Waals surface area contributed by atoms with Crippen molar-refractivity contribution in [2.45, 2.75) is 0 Å². The number of thiazole rings is 1. The highest BCUT2D eigenvalue weighted by Gasteiger charge is 2.15. The summed E-state index contributed by atoms with van der Waals surface area (Å²) in [5.41, 5.74) is 2.95. The number of rotatable bonds is 4. The molecular formula is C19H12ClN3O2S. The smallest absolute Gasteiger partial charge is 0.231 e. The molecule has 0 atom stereocenters. The monoisotopic (exact) mass is 381 g/mol. The van der Waals surface area contributed by atoms with E-state index in [1.807, 2.05) is 35.7 Å². The van der Waals surface area contributed by atoms with E-state index in [0.29, 0.717) is 21.4 Å². The molecule has 128 valence electrons. The lowest BCUT2D eigenvalue weighted by Crippen LogP contribution is -1.92. The SMILES string of the molecule is N#CC(=CNc1cccc(Cl)c1)c1nc(-c2ccc3c(c2)OCO3)cs1. The normalized spacial score (nSPS) is 12.7. The van der Waals surface area contributed by atoms with E-state index < -0.39 is 0 Å². The zero-order valence-corrected chi connectivity index (χ0v) is 15.0. The molecule has 4 rings (SSSR count). The fourth-order valence-corrected chi connectivity index (χ4v) is 3.45. The van der Waals surface area contributed by atoms with Crippen molar-refractivity contribution in [2.75, 3.05) is 12.1 Å². The van der Waals surface area contributed by atoms with Crippen molar-refractivity contribution in [1.82, 2.24) is 4.98 Å². The summed E-state index contributed by atoms with van der Waals surface area (Å²) in [5, 5.41) is 15.7. The molecule has 0 unspecified atom stereocenters. The number of allylic oxidation sites excluding steroid dienone is 1. The minimum absolute atomic E-state index is 0.234. The highest BCUT2D eigenvalue weighted by molar-refractivity contribution is 7.11. The Bertz CT molecular complexity index is 1040. The van der Waals surface area contributed by atoms with Crippen molar-refractivity contribution in [3.8, 4) is 28.8 Å². The Labute approximate surface area is 159 Å². The zero-order chi connectivity index (χ0) is 17.9. The molecule has 0 spiro atoms. The number of nitrogens with one attached hydrogen (secondary N) is 1. The van der Waals surface area contributed by atoms with E-state index in [4.69, 9.17) is 21.1 Å². The summed E-state index contributed by atoms with van der Waals surface area (Å²) in [6.07, 6.45) is 1.63. The van der Waals surface area contributed by atoms with Gasteiger partial charge in [-0.3, -0.25) is 0 Å². The van der Waals surface area contributed by atoms with Crippen LogP contribution in [0.5, 0.6) is 11.5 Å². The second-order valence-corrected chi connectivity index (χ2v) is 6.72. The number of nitrogens with zero attached hydrogens (tertiary/aromatic N) is 2. The molecule has 2 heterocycles.